The summed E-state index contributed by atoms with van der Waals surface area (Å²) in [6.07, 6.45) is 3.97. The van der Waals surface area contributed by atoms with Crippen molar-refractivity contribution in [3.8, 4) is 0 Å². The van der Waals surface area contributed by atoms with Crippen LogP contribution in [0.4, 0.5) is 0 Å². The SMILES string of the molecule is CC[C@H](C)[C@H](NC(=O)[C@H](C)N)C(=O)N[C@H](C=O)CCSC. The first-order valence-corrected chi connectivity index (χ1v) is 8.57. The zero-order valence-corrected chi connectivity index (χ0v) is 14.0. The molecule has 6 nitrogen and oxygen atoms in total. The smallest absolute Gasteiger partial charge is 0.243 e. The number of hydrogen-bond donors (Lipinski definition) is 3. The van der Waals surface area contributed by atoms with Crippen LogP contribution in [0.2, 0.25) is 0 Å². The second-order valence-corrected chi connectivity index (χ2v) is 6.18. The van der Waals surface area contributed by atoms with Gasteiger partial charge in [-0.25, -0.2) is 0 Å². The van der Waals surface area contributed by atoms with Crippen molar-refractivity contribution < 1.29 is 14.4 Å². The molecule has 0 aliphatic carbocycles. The Bertz CT molecular complexity index is 350. The van der Waals surface area contributed by atoms with Crippen molar-refractivity contribution >= 4 is 29.9 Å². The summed E-state index contributed by atoms with van der Waals surface area (Å²) in [5, 5.41) is 5.34. The molecule has 2 amide bonds. The van der Waals surface area contributed by atoms with Crippen LogP contribution in [0.5, 0.6) is 0 Å². The lowest BCUT2D eigenvalue weighted by Crippen LogP contribution is -2.55. The van der Waals surface area contributed by atoms with E-state index in [2.05, 4.69) is 10.6 Å². The Labute approximate surface area is 131 Å². The second-order valence-electron chi connectivity index (χ2n) is 5.19. The molecule has 0 spiro atoms. The minimum atomic E-state index is -0.678. The van der Waals surface area contributed by atoms with Gasteiger partial charge < -0.3 is 21.2 Å². The maximum absolute atomic E-state index is 12.3. The van der Waals surface area contributed by atoms with Crippen LogP contribution in [0, 0.1) is 5.92 Å². The van der Waals surface area contributed by atoms with Crippen LogP contribution in [0.1, 0.15) is 33.6 Å². The van der Waals surface area contributed by atoms with E-state index in [-0.39, 0.29) is 17.7 Å². The predicted octanol–water partition coefficient (Wildman–Crippen LogP) is 0.301. The van der Waals surface area contributed by atoms with Crippen LogP contribution in [0.25, 0.3) is 0 Å². The first-order chi connectivity index (χ1) is 9.87. The summed E-state index contributed by atoms with van der Waals surface area (Å²) >= 11 is 1.61. The van der Waals surface area contributed by atoms with E-state index >= 15 is 0 Å². The number of aldehydes is 1. The van der Waals surface area contributed by atoms with Crippen molar-refractivity contribution in [2.75, 3.05) is 12.0 Å². The van der Waals surface area contributed by atoms with Gasteiger partial charge in [0.2, 0.25) is 11.8 Å². The third kappa shape index (κ3) is 7.47. The summed E-state index contributed by atoms with van der Waals surface area (Å²) in [6.45, 7) is 5.38. The van der Waals surface area contributed by atoms with Gasteiger partial charge in [-0.15, -0.1) is 0 Å². The van der Waals surface area contributed by atoms with E-state index in [4.69, 9.17) is 5.73 Å². The number of thioether (sulfide) groups is 1. The zero-order valence-electron chi connectivity index (χ0n) is 13.2. The Balaban J connectivity index is 4.78. The van der Waals surface area contributed by atoms with Gasteiger partial charge in [0.15, 0.2) is 0 Å². The number of carbonyl (C=O) groups excluding carboxylic acids is 3. The first-order valence-electron chi connectivity index (χ1n) is 7.17. The molecule has 0 fully saturated rings. The van der Waals surface area contributed by atoms with Gasteiger partial charge in [-0.2, -0.15) is 11.8 Å². The zero-order chi connectivity index (χ0) is 16.4. The Kier molecular flexibility index (Phi) is 10.1. The average molecular weight is 317 g/mol. The summed E-state index contributed by atoms with van der Waals surface area (Å²) in [4.78, 5) is 35.0. The van der Waals surface area contributed by atoms with E-state index in [1.54, 1.807) is 18.7 Å². The Morgan fingerprint density at radius 2 is 1.86 bits per heavy atom. The summed E-state index contributed by atoms with van der Waals surface area (Å²) in [5.74, 6) is 0.0310. The highest BCUT2D eigenvalue weighted by molar-refractivity contribution is 7.98. The molecular formula is C14H27N3O3S. The monoisotopic (exact) mass is 317 g/mol. The fourth-order valence-electron chi connectivity index (χ4n) is 1.68. The van der Waals surface area contributed by atoms with Crippen molar-refractivity contribution in [2.45, 2.75) is 51.7 Å². The second kappa shape index (κ2) is 10.6. The summed E-state index contributed by atoms with van der Waals surface area (Å²) in [5.41, 5.74) is 5.52. The standard InChI is InChI=1S/C14H27N3O3S/c1-5-9(2)12(17-13(19)10(3)15)14(20)16-11(8-18)6-7-21-4/h8-12H,5-7,15H2,1-4H3,(H,16,20)(H,17,19)/t9-,10-,11-,12-/m0/s1. The Morgan fingerprint density at radius 3 is 2.29 bits per heavy atom. The number of hydrogen-bond acceptors (Lipinski definition) is 5. The van der Waals surface area contributed by atoms with Crippen molar-refractivity contribution in [1.29, 1.82) is 0 Å². The summed E-state index contributed by atoms with van der Waals surface area (Å²) in [6, 6.07) is -1.88. The van der Waals surface area contributed by atoms with E-state index in [1.165, 1.54) is 0 Å². The van der Waals surface area contributed by atoms with Crippen molar-refractivity contribution in [3.63, 3.8) is 0 Å². The number of nitrogens with one attached hydrogen (secondary N) is 2. The van der Waals surface area contributed by atoms with Gasteiger partial charge in [-0.3, -0.25) is 9.59 Å². The fraction of sp³-hybridized carbons (Fsp3) is 0.786. The molecule has 0 saturated heterocycles. The van der Waals surface area contributed by atoms with E-state index in [0.29, 0.717) is 6.42 Å². The molecule has 21 heavy (non-hydrogen) atoms. The van der Waals surface area contributed by atoms with Crippen LogP contribution >= 0.6 is 11.8 Å². The van der Waals surface area contributed by atoms with Crippen molar-refractivity contribution in [3.05, 3.63) is 0 Å². The average Bonchev–Trinajstić information content (AvgIpc) is 2.47. The first kappa shape index (κ1) is 19.9. The van der Waals surface area contributed by atoms with Crippen LogP contribution < -0.4 is 16.4 Å². The molecular weight excluding hydrogens is 290 g/mol. The molecule has 0 bridgehead atoms. The van der Waals surface area contributed by atoms with Gasteiger partial charge >= 0.3 is 0 Å². The lowest BCUT2D eigenvalue weighted by Gasteiger charge is -2.25. The molecule has 0 aliphatic rings. The van der Waals surface area contributed by atoms with Crippen LogP contribution in [0.3, 0.4) is 0 Å². The lowest BCUT2D eigenvalue weighted by molar-refractivity contribution is -0.131. The molecule has 0 rings (SSSR count). The maximum Gasteiger partial charge on any atom is 0.243 e. The highest BCUT2D eigenvalue weighted by atomic mass is 32.2. The quantitative estimate of drug-likeness (QED) is 0.503. The minimum Gasteiger partial charge on any atom is -0.345 e. The summed E-state index contributed by atoms with van der Waals surface area (Å²) < 4.78 is 0. The van der Waals surface area contributed by atoms with Crippen LogP contribution in [-0.4, -0.2) is 48.2 Å². The Morgan fingerprint density at radius 1 is 1.24 bits per heavy atom. The van der Waals surface area contributed by atoms with Gasteiger partial charge in [0, 0.05) is 0 Å². The van der Waals surface area contributed by atoms with Crippen molar-refractivity contribution in [2.24, 2.45) is 11.7 Å². The van der Waals surface area contributed by atoms with E-state index in [9.17, 15) is 14.4 Å². The number of nitrogens with two attached hydrogens (primary N) is 1. The molecule has 4 atom stereocenters. The number of carbonyl (C=O) groups is 3. The largest absolute Gasteiger partial charge is 0.345 e. The molecule has 0 saturated carbocycles. The molecule has 7 heteroatoms. The molecule has 0 aromatic heterocycles. The lowest BCUT2D eigenvalue weighted by atomic mass is 9.97. The fourth-order valence-corrected chi connectivity index (χ4v) is 2.17. The number of amides is 2. The molecule has 4 N–H and O–H groups in total. The van der Waals surface area contributed by atoms with Crippen LogP contribution in [-0.2, 0) is 14.4 Å². The molecule has 0 aliphatic heterocycles. The highest BCUT2D eigenvalue weighted by Gasteiger charge is 2.28. The topological polar surface area (TPSA) is 101 Å². The van der Waals surface area contributed by atoms with Crippen LogP contribution in [0.15, 0.2) is 0 Å². The van der Waals surface area contributed by atoms with Gasteiger partial charge in [-0.05, 0) is 31.3 Å². The molecule has 0 radical (unpaired) electrons. The third-order valence-corrected chi connectivity index (χ3v) is 3.98. The minimum absolute atomic E-state index is 0.0412. The molecule has 0 heterocycles. The molecule has 122 valence electrons. The third-order valence-electron chi connectivity index (χ3n) is 3.33. The maximum atomic E-state index is 12.3. The van der Waals surface area contributed by atoms with E-state index in [1.807, 2.05) is 20.1 Å². The summed E-state index contributed by atoms with van der Waals surface area (Å²) in [7, 11) is 0. The van der Waals surface area contributed by atoms with Crippen molar-refractivity contribution in [1.82, 2.24) is 10.6 Å². The van der Waals surface area contributed by atoms with Gasteiger partial charge in [0.25, 0.3) is 0 Å². The van der Waals surface area contributed by atoms with E-state index in [0.717, 1.165) is 18.5 Å². The molecule has 0 aromatic rings. The normalized spacial score (nSPS) is 16.4. The van der Waals surface area contributed by atoms with E-state index < -0.39 is 18.1 Å². The Hall–Kier alpha value is -1.08. The highest BCUT2D eigenvalue weighted by Crippen LogP contribution is 2.09. The van der Waals surface area contributed by atoms with Gasteiger partial charge in [0.1, 0.15) is 12.3 Å². The van der Waals surface area contributed by atoms with Gasteiger partial charge in [-0.1, -0.05) is 20.3 Å². The molecule has 0 aromatic carbocycles. The molecule has 0 unspecified atom stereocenters. The van der Waals surface area contributed by atoms with Gasteiger partial charge in [0.05, 0.1) is 12.1 Å². The number of rotatable bonds is 10. The predicted molar refractivity (Wildman–Crippen MR) is 86.0 cm³/mol.